The molecule has 1 aromatic rings. The van der Waals surface area contributed by atoms with Crippen molar-refractivity contribution in [3.05, 3.63) is 29.8 Å². The monoisotopic (exact) mass is 434 g/mol. The van der Waals surface area contributed by atoms with E-state index in [0.29, 0.717) is 17.7 Å². The molecule has 1 N–H and O–H groups in total. The van der Waals surface area contributed by atoms with E-state index in [2.05, 4.69) is 25.1 Å². The molecule has 4 atom stereocenters. The molecule has 4 unspecified atom stereocenters. The standard InChI is InChI=1S/C25H30N4O3/c1-4-5-6-7-8-9-14-20-24(15-26,16-27)25(17-28)21(23(2,31-20)32-22(25)29)18-12-10-11-13-19(18)30-3/h10-13,20-21,29H,4-9,14H2,1-3H3. The Bertz CT molecular complexity index is 974. The Morgan fingerprint density at radius 3 is 2.31 bits per heavy atom. The van der Waals surface area contributed by atoms with E-state index in [0.717, 1.165) is 32.1 Å². The summed E-state index contributed by atoms with van der Waals surface area (Å²) in [7, 11) is 1.52. The summed E-state index contributed by atoms with van der Waals surface area (Å²) in [5.74, 6) is -2.15. The van der Waals surface area contributed by atoms with Crippen molar-refractivity contribution < 1.29 is 14.2 Å². The van der Waals surface area contributed by atoms with Crippen molar-refractivity contribution in [2.24, 2.45) is 10.8 Å². The van der Waals surface area contributed by atoms with Crippen LogP contribution in [0.1, 0.15) is 70.3 Å². The fourth-order valence-electron chi connectivity index (χ4n) is 5.35. The molecule has 1 aromatic carbocycles. The first-order chi connectivity index (χ1) is 15.4. The molecule has 2 aliphatic rings. The van der Waals surface area contributed by atoms with Gasteiger partial charge in [0.25, 0.3) is 0 Å². The number of benzene rings is 1. The Morgan fingerprint density at radius 1 is 1.03 bits per heavy atom. The number of nitrogens with one attached hydrogen (secondary N) is 1. The maximum absolute atomic E-state index is 10.5. The van der Waals surface area contributed by atoms with Crippen LogP contribution in [-0.4, -0.2) is 24.9 Å². The van der Waals surface area contributed by atoms with Gasteiger partial charge < -0.3 is 14.2 Å². The highest BCUT2D eigenvalue weighted by Crippen LogP contribution is 2.67. The predicted molar refractivity (Wildman–Crippen MR) is 118 cm³/mol. The van der Waals surface area contributed by atoms with Crippen molar-refractivity contribution in [2.75, 3.05) is 7.11 Å². The van der Waals surface area contributed by atoms with Gasteiger partial charge >= 0.3 is 0 Å². The Hall–Kier alpha value is -3.08. The molecule has 0 aliphatic carbocycles. The molecule has 7 heteroatoms. The fourth-order valence-corrected chi connectivity index (χ4v) is 5.35. The maximum Gasteiger partial charge on any atom is 0.218 e. The Labute approximate surface area is 190 Å². The highest BCUT2D eigenvalue weighted by Gasteiger charge is 2.79. The largest absolute Gasteiger partial charge is 0.496 e. The van der Waals surface area contributed by atoms with E-state index in [1.165, 1.54) is 13.5 Å². The molecular formula is C25H30N4O3. The van der Waals surface area contributed by atoms with Gasteiger partial charge in [0.05, 0.1) is 37.3 Å². The lowest BCUT2D eigenvalue weighted by atomic mass is 9.52. The van der Waals surface area contributed by atoms with E-state index < -0.39 is 34.5 Å². The van der Waals surface area contributed by atoms with Crippen molar-refractivity contribution in [2.45, 2.75) is 76.6 Å². The minimum atomic E-state index is -1.89. The molecule has 3 rings (SSSR count). The minimum absolute atomic E-state index is 0.396. The van der Waals surface area contributed by atoms with Gasteiger partial charge in [-0.05, 0) is 12.5 Å². The molecule has 0 aromatic heterocycles. The zero-order valence-electron chi connectivity index (χ0n) is 19.0. The highest BCUT2D eigenvalue weighted by molar-refractivity contribution is 5.90. The quantitative estimate of drug-likeness (QED) is 0.533. The molecule has 2 bridgehead atoms. The number of methoxy groups -OCH3 is 1. The second kappa shape index (κ2) is 9.19. The number of para-hydroxylation sites is 1. The molecule has 0 amide bonds. The summed E-state index contributed by atoms with van der Waals surface area (Å²) in [6.45, 7) is 3.85. The van der Waals surface area contributed by atoms with E-state index in [-0.39, 0.29) is 0 Å². The molecule has 7 nitrogen and oxygen atoms in total. The van der Waals surface area contributed by atoms with Gasteiger partial charge in [0.1, 0.15) is 5.75 Å². The zero-order valence-corrected chi connectivity index (χ0v) is 19.0. The second-order valence-corrected chi connectivity index (χ2v) is 8.74. The van der Waals surface area contributed by atoms with Crippen LogP contribution in [0.5, 0.6) is 5.75 Å². The third-order valence-electron chi connectivity index (χ3n) is 6.90. The van der Waals surface area contributed by atoms with Gasteiger partial charge in [-0.3, -0.25) is 5.41 Å². The Kier molecular flexibility index (Phi) is 6.77. The van der Waals surface area contributed by atoms with Crippen LogP contribution in [0.25, 0.3) is 0 Å². The lowest BCUT2D eigenvalue weighted by Gasteiger charge is -2.49. The Balaban J connectivity index is 2.06. The number of unbranched alkanes of at least 4 members (excludes halogenated alkanes) is 5. The number of ether oxygens (including phenoxy) is 3. The third kappa shape index (κ3) is 3.31. The van der Waals surface area contributed by atoms with Crippen LogP contribution in [0.15, 0.2) is 24.3 Å². The van der Waals surface area contributed by atoms with Crippen LogP contribution in [0.3, 0.4) is 0 Å². The fraction of sp³-hybridized carbons (Fsp3) is 0.600. The van der Waals surface area contributed by atoms with Crippen LogP contribution in [0.2, 0.25) is 0 Å². The molecule has 0 radical (unpaired) electrons. The van der Waals surface area contributed by atoms with Gasteiger partial charge in [-0.2, -0.15) is 15.8 Å². The average Bonchev–Trinajstić information content (AvgIpc) is 2.99. The average molecular weight is 435 g/mol. The van der Waals surface area contributed by atoms with Crippen LogP contribution >= 0.6 is 0 Å². The van der Waals surface area contributed by atoms with Crippen molar-refractivity contribution in [3.8, 4) is 24.0 Å². The SMILES string of the molecule is CCCCCCCCC1OC2(C)OC(=N)C(C#N)(C2c2ccccc2OC)C1(C#N)C#N. The van der Waals surface area contributed by atoms with E-state index in [9.17, 15) is 15.8 Å². The number of nitrogens with zero attached hydrogens (tertiary/aromatic N) is 3. The van der Waals surface area contributed by atoms with Gasteiger partial charge in [0.2, 0.25) is 11.7 Å². The topological polar surface area (TPSA) is 123 Å². The number of hydrogen-bond donors (Lipinski definition) is 1. The smallest absolute Gasteiger partial charge is 0.218 e. The number of fused-ring (bicyclic) bond motifs is 2. The summed E-state index contributed by atoms with van der Waals surface area (Å²) < 4.78 is 17.7. The number of hydrogen-bond acceptors (Lipinski definition) is 7. The molecular weight excluding hydrogens is 404 g/mol. The molecule has 2 saturated heterocycles. The van der Waals surface area contributed by atoms with Crippen molar-refractivity contribution in [1.82, 2.24) is 0 Å². The van der Waals surface area contributed by atoms with Gasteiger partial charge in [-0.25, -0.2) is 0 Å². The molecule has 0 spiro atoms. The number of rotatable bonds is 9. The molecule has 32 heavy (non-hydrogen) atoms. The molecule has 2 fully saturated rings. The lowest BCUT2D eigenvalue weighted by Crippen LogP contribution is -2.60. The first kappa shape index (κ1) is 23.6. The summed E-state index contributed by atoms with van der Waals surface area (Å²) in [6, 6.07) is 13.5. The van der Waals surface area contributed by atoms with E-state index >= 15 is 0 Å². The summed E-state index contributed by atoms with van der Waals surface area (Å²) in [5, 5.41) is 39.7. The molecule has 2 aliphatic heterocycles. The van der Waals surface area contributed by atoms with Crippen LogP contribution in [-0.2, 0) is 9.47 Å². The van der Waals surface area contributed by atoms with Crippen molar-refractivity contribution >= 4 is 5.90 Å². The second-order valence-electron chi connectivity index (χ2n) is 8.74. The van der Waals surface area contributed by atoms with Gasteiger partial charge in [0, 0.05) is 12.5 Å². The summed E-state index contributed by atoms with van der Waals surface area (Å²) in [5.41, 5.74) is -3.12. The first-order valence-corrected chi connectivity index (χ1v) is 11.2. The van der Waals surface area contributed by atoms with E-state index in [1.807, 2.05) is 0 Å². The zero-order chi connectivity index (χ0) is 23.4. The van der Waals surface area contributed by atoms with E-state index in [1.54, 1.807) is 31.2 Å². The summed E-state index contributed by atoms with van der Waals surface area (Å²) in [6.07, 6.45) is 5.88. The van der Waals surface area contributed by atoms with Crippen molar-refractivity contribution in [3.63, 3.8) is 0 Å². The van der Waals surface area contributed by atoms with Crippen LogP contribution in [0.4, 0.5) is 0 Å². The molecule has 168 valence electrons. The lowest BCUT2D eigenvalue weighted by molar-refractivity contribution is -0.252. The van der Waals surface area contributed by atoms with Crippen LogP contribution in [0, 0.1) is 50.2 Å². The highest BCUT2D eigenvalue weighted by atomic mass is 16.7. The molecule has 0 saturated carbocycles. The van der Waals surface area contributed by atoms with E-state index in [4.69, 9.17) is 19.6 Å². The summed E-state index contributed by atoms with van der Waals surface area (Å²) >= 11 is 0. The van der Waals surface area contributed by atoms with Gasteiger partial charge in [-0.15, -0.1) is 0 Å². The van der Waals surface area contributed by atoms with Crippen LogP contribution < -0.4 is 4.74 Å². The van der Waals surface area contributed by atoms with Crippen molar-refractivity contribution in [1.29, 1.82) is 21.2 Å². The molecule has 2 heterocycles. The van der Waals surface area contributed by atoms with Gasteiger partial charge in [0.15, 0.2) is 10.8 Å². The number of nitriles is 3. The minimum Gasteiger partial charge on any atom is -0.496 e. The normalized spacial score (nSPS) is 29.9. The summed E-state index contributed by atoms with van der Waals surface area (Å²) in [4.78, 5) is 0. The Morgan fingerprint density at radius 2 is 1.69 bits per heavy atom. The maximum atomic E-state index is 10.5. The predicted octanol–water partition coefficient (Wildman–Crippen LogP) is 5.20. The van der Waals surface area contributed by atoms with Gasteiger partial charge in [-0.1, -0.05) is 63.6 Å². The first-order valence-electron chi connectivity index (χ1n) is 11.2. The third-order valence-corrected chi connectivity index (χ3v) is 6.90.